The van der Waals surface area contributed by atoms with Crippen molar-refractivity contribution in [1.82, 2.24) is 10.2 Å². The zero-order valence-electron chi connectivity index (χ0n) is 12.4. The van der Waals surface area contributed by atoms with Gasteiger partial charge in [0.2, 0.25) is 5.91 Å². The monoisotopic (exact) mass is 270 g/mol. The quantitative estimate of drug-likeness (QED) is 0.736. The number of piperidine rings is 1. The molecule has 1 aliphatic rings. The van der Waals surface area contributed by atoms with Crippen LogP contribution < -0.4 is 5.32 Å². The summed E-state index contributed by atoms with van der Waals surface area (Å²) >= 11 is 0. The third kappa shape index (κ3) is 4.20. The highest BCUT2D eigenvalue weighted by atomic mass is 16.5. The van der Waals surface area contributed by atoms with E-state index in [1.54, 1.807) is 4.90 Å². The van der Waals surface area contributed by atoms with E-state index in [0.29, 0.717) is 18.9 Å². The molecular formula is C14H26N2O3. The number of nitrogens with one attached hydrogen (secondary N) is 1. The molecule has 0 aromatic rings. The van der Waals surface area contributed by atoms with Crippen molar-refractivity contribution < 1.29 is 14.3 Å². The summed E-state index contributed by atoms with van der Waals surface area (Å²) in [5.41, 5.74) is 0. The predicted molar refractivity (Wildman–Crippen MR) is 73.7 cm³/mol. The van der Waals surface area contributed by atoms with Crippen molar-refractivity contribution in [2.75, 3.05) is 20.2 Å². The van der Waals surface area contributed by atoms with E-state index < -0.39 is 6.04 Å². The third-order valence-corrected chi connectivity index (χ3v) is 3.47. The normalized spacial score (nSPS) is 21.6. The molecule has 110 valence electrons. The molecule has 0 radical (unpaired) electrons. The number of hydrogen-bond acceptors (Lipinski definition) is 4. The minimum atomic E-state index is -0.445. The van der Waals surface area contributed by atoms with E-state index >= 15 is 0 Å². The number of likely N-dealkylation sites (N-methyl/N-ethyl adjacent to an activating group) is 1. The second-order valence-electron chi connectivity index (χ2n) is 5.45. The first-order valence-electron chi connectivity index (χ1n) is 7.12. The van der Waals surface area contributed by atoms with Gasteiger partial charge in [0.05, 0.1) is 13.2 Å². The maximum absolute atomic E-state index is 12.4. The number of hydrogen-bond donors (Lipinski definition) is 1. The van der Waals surface area contributed by atoms with Crippen LogP contribution in [0.3, 0.4) is 0 Å². The van der Waals surface area contributed by atoms with Crippen LogP contribution in [0.5, 0.6) is 0 Å². The molecule has 0 spiro atoms. The molecule has 5 heteroatoms. The molecule has 1 rings (SSSR count). The Morgan fingerprint density at radius 2 is 2.21 bits per heavy atom. The van der Waals surface area contributed by atoms with Crippen LogP contribution in [0.2, 0.25) is 0 Å². The lowest BCUT2D eigenvalue weighted by Crippen LogP contribution is -2.56. The number of carbonyl (C=O) groups is 2. The molecule has 5 nitrogen and oxygen atoms in total. The lowest BCUT2D eigenvalue weighted by molar-refractivity contribution is -0.155. The average molecular weight is 270 g/mol. The fourth-order valence-electron chi connectivity index (χ4n) is 2.58. The molecule has 19 heavy (non-hydrogen) atoms. The summed E-state index contributed by atoms with van der Waals surface area (Å²) in [5, 5.41) is 3.19. The molecule has 0 bridgehead atoms. The molecular weight excluding hydrogens is 244 g/mol. The van der Waals surface area contributed by atoms with Gasteiger partial charge in [0.1, 0.15) is 6.04 Å². The summed E-state index contributed by atoms with van der Waals surface area (Å²) in [6, 6.07) is -0.600. The van der Waals surface area contributed by atoms with Gasteiger partial charge in [-0.25, -0.2) is 4.79 Å². The fraction of sp³-hybridized carbons (Fsp3) is 0.857. The van der Waals surface area contributed by atoms with Gasteiger partial charge < -0.3 is 15.0 Å². The summed E-state index contributed by atoms with van der Waals surface area (Å²) in [6.07, 6.45) is 2.42. The van der Waals surface area contributed by atoms with Crippen molar-refractivity contribution in [2.24, 2.45) is 5.92 Å². The summed E-state index contributed by atoms with van der Waals surface area (Å²) in [7, 11) is 1.38. The lowest BCUT2D eigenvalue weighted by atomic mass is 9.97. The molecule has 1 aliphatic heterocycles. The molecule has 1 fully saturated rings. The Balaban J connectivity index is 2.81. The van der Waals surface area contributed by atoms with Gasteiger partial charge in [0.15, 0.2) is 0 Å². The number of methoxy groups -OCH3 is 1. The smallest absolute Gasteiger partial charge is 0.328 e. The highest BCUT2D eigenvalue weighted by Gasteiger charge is 2.36. The topological polar surface area (TPSA) is 58.6 Å². The first-order chi connectivity index (χ1) is 9.01. The molecule has 1 heterocycles. The number of likely N-dealkylation sites (tertiary alicyclic amines) is 1. The molecule has 0 aromatic carbocycles. The van der Waals surface area contributed by atoms with Crippen LogP contribution in [-0.4, -0.2) is 49.1 Å². The van der Waals surface area contributed by atoms with E-state index in [2.05, 4.69) is 5.32 Å². The van der Waals surface area contributed by atoms with Crippen molar-refractivity contribution in [1.29, 1.82) is 0 Å². The van der Waals surface area contributed by atoms with Crippen molar-refractivity contribution in [3.8, 4) is 0 Å². The van der Waals surface area contributed by atoms with Crippen LogP contribution in [0.15, 0.2) is 0 Å². The van der Waals surface area contributed by atoms with Gasteiger partial charge in [0.25, 0.3) is 0 Å². The van der Waals surface area contributed by atoms with Crippen LogP contribution >= 0.6 is 0 Å². The molecule has 2 atom stereocenters. The second-order valence-corrected chi connectivity index (χ2v) is 5.45. The van der Waals surface area contributed by atoms with Gasteiger partial charge in [0, 0.05) is 6.54 Å². The standard InChI is InChI=1S/C14H26N2O3/c1-5-15-11-7-6-8-16(13(11)17)12(9-10(2)3)14(18)19-4/h10-12,15H,5-9H2,1-4H3. The van der Waals surface area contributed by atoms with E-state index in [-0.39, 0.29) is 17.9 Å². The molecule has 2 unspecified atom stereocenters. The largest absolute Gasteiger partial charge is 0.467 e. The van der Waals surface area contributed by atoms with E-state index in [9.17, 15) is 9.59 Å². The van der Waals surface area contributed by atoms with Gasteiger partial charge in [-0.2, -0.15) is 0 Å². The van der Waals surface area contributed by atoms with Gasteiger partial charge in [-0.15, -0.1) is 0 Å². The Labute approximate surface area is 115 Å². The second kappa shape index (κ2) is 7.48. The van der Waals surface area contributed by atoms with Crippen LogP contribution in [0.25, 0.3) is 0 Å². The predicted octanol–water partition coefficient (Wildman–Crippen LogP) is 1.17. The molecule has 0 saturated carbocycles. The van der Waals surface area contributed by atoms with Gasteiger partial charge in [-0.05, 0) is 31.7 Å². The molecule has 1 amide bonds. The van der Waals surface area contributed by atoms with Gasteiger partial charge in [-0.1, -0.05) is 20.8 Å². The first-order valence-corrected chi connectivity index (χ1v) is 7.12. The van der Waals surface area contributed by atoms with Crippen LogP contribution in [0.4, 0.5) is 0 Å². The molecule has 0 aliphatic carbocycles. The van der Waals surface area contributed by atoms with Crippen LogP contribution in [0, 0.1) is 5.92 Å². The summed E-state index contributed by atoms with van der Waals surface area (Å²) in [5.74, 6) is 0.0692. The summed E-state index contributed by atoms with van der Waals surface area (Å²) in [4.78, 5) is 26.0. The number of amides is 1. The molecule has 1 N–H and O–H groups in total. The van der Waals surface area contributed by atoms with Crippen molar-refractivity contribution in [2.45, 2.75) is 52.1 Å². The Morgan fingerprint density at radius 3 is 2.74 bits per heavy atom. The maximum Gasteiger partial charge on any atom is 0.328 e. The highest BCUT2D eigenvalue weighted by molar-refractivity contribution is 5.88. The van der Waals surface area contributed by atoms with Crippen LogP contribution in [0.1, 0.15) is 40.0 Å². The van der Waals surface area contributed by atoms with E-state index in [1.807, 2.05) is 20.8 Å². The maximum atomic E-state index is 12.4. The van der Waals surface area contributed by atoms with E-state index in [0.717, 1.165) is 19.4 Å². The Hall–Kier alpha value is -1.10. The van der Waals surface area contributed by atoms with E-state index in [1.165, 1.54) is 7.11 Å². The minimum Gasteiger partial charge on any atom is -0.467 e. The number of esters is 1. The number of rotatable bonds is 6. The Kier molecular flexibility index (Phi) is 6.28. The first kappa shape index (κ1) is 16.0. The van der Waals surface area contributed by atoms with Gasteiger partial charge in [-0.3, -0.25) is 4.79 Å². The number of carbonyl (C=O) groups excluding carboxylic acids is 2. The van der Waals surface area contributed by atoms with Crippen molar-refractivity contribution in [3.05, 3.63) is 0 Å². The highest BCUT2D eigenvalue weighted by Crippen LogP contribution is 2.20. The zero-order valence-corrected chi connectivity index (χ0v) is 12.4. The number of ether oxygens (including phenoxy) is 1. The van der Waals surface area contributed by atoms with E-state index in [4.69, 9.17) is 4.74 Å². The molecule has 0 aromatic heterocycles. The van der Waals surface area contributed by atoms with Crippen LogP contribution in [-0.2, 0) is 14.3 Å². The lowest BCUT2D eigenvalue weighted by Gasteiger charge is -2.37. The summed E-state index contributed by atoms with van der Waals surface area (Å²) < 4.78 is 4.86. The SMILES string of the molecule is CCNC1CCCN(C(CC(C)C)C(=O)OC)C1=O. The Morgan fingerprint density at radius 1 is 1.53 bits per heavy atom. The zero-order chi connectivity index (χ0) is 14.4. The van der Waals surface area contributed by atoms with Crippen molar-refractivity contribution in [3.63, 3.8) is 0 Å². The van der Waals surface area contributed by atoms with Gasteiger partial charge >= 0.3 is 5.97 Å². The third-order valence-electron chi connectivity index (χ3n) is 3.47. The number of nitrogens with zero attached hydrogens (tertiary/aromatic N) is 1. The summed E-state index contributed by atoms with van der Waals surface area (Å²) in [6.45, 7) is 7.49. The average Bonchev–Trinajstić information content (AvgIpc) is 2.38. The minimum absolute atomic E-state index is 0.0316. The molecule has 1 saturated heterocycles. The van der Waals surface area contributed by atoms with Crippen molar-refractivity contribution >= 4 is 11.9 Å². The Bertz CT molecular complexity index is 316. The fourth-order valence-corrected chi connectivity index (χ4v) is 2.58.